The summed E-state index contributed by atoms with van der Waals surface area (Å²) in [6.45, 7) is 8.04. The van der Waals surface area contributed by atoms with Crippen molar-refractivity contribution in [2.75, 3.05) is 39.3 Å². The lowest BCUT2D eigenvalue weighted by molar-refractivity contribution is 0.222. The molecule has 2 aliphatic heterocycles. The van der Waals surface area contributed by atoms with Gasteiger partial charge in [-0.15, -0.1) is 0 Å². The van der Waals surface area contributed by atoms with Crippen LogP contribution in [0.5, 0.6) is 0 Å². The highest BCUT2D eigenvalue weighted by atomic mass is 15.2. The fourth-order valence-corrected chi connectivity index (χ4v) is 2.14. The quantitative estimate of drug-likeness (QED) is 0.509. The standard InChI is InChI=1S/C9H18N2/c1-2-5-11-7-3-6-10(4-1)8-9-11/h1-9H2. The van der Waals surface area contributed by atoms with Crippen LogP contribution in [0.25, 0.3) is 0 Å². The highest BCUT2D eigenvalue weighted by Gasteiger charge is 2.16. The zero-order valence-electron chi connectivity index (χ0n) is 7.26. The van der Waals surface area contributed by atoms with E-state index in [1.54, 1.807) is 0 Å². The number of hydrogen-bond donors (Lipinski definition) is 0. The Morgan fingerprint density at radius 2 is 0.909 bits per heavy atom. The van der Waals surface area contributed by atoms with E-state index in [0.29, 0.717) is 0 Å². The van der Waals surface area contributed by atoms with Gasteiger partial charge in [-0.05, 0) is 45.4 Å². The summed E-state index contributed by atoms with van der Waals surface area (Å²) in [6.07, 6.45) is 4.22. The smallest absolute Gasteiger partial charge is 0.0109 e. The van der Waals surface area contributed by atoms with Crippen molar-refractivity contribution in [2.24, 2.45) is 0 Å². The molecule has 0 aliphatic carbocycles. The molecule has 2 atom stereocenters. The van der Waals surface area contributed by atoms with Gasteiger partial charge < -0.3 is 9.80 Å². The molecular weight excluding hydrogens is 136 g/mol. The lowest BCUT2D eigenvalue weighted by atomic mass is 10.2. The fraction of sp³-hybridized carbons (Fsp3) is 1.00. The van der Waals surface area contributed by atoms with Crippen molar-refractivity contribution in [3.63, 3.8) is 0 Å². The molecule has 2 aliphatic rings. The minimum absolute atomic E-state index is 1.32. The molecule has 0 aromatic carbocycles. The fourth-order valence-electron chi connectivity index (χ4n) is 2.14. The second-order valence-electron chi connectivity index (χ2n) is 3.74. The first-order valence-corrected chi connectivity index (χ1v) is 4.90. The first kappa shape index (κ1) is 7.56. The maximum atomic E-state index is 2.62. The van der Waals surface area contributed by atoms with Crippen molar-refractivity contribution in [1.29, 1.82) is 0 Å². The third-order valence-electron chi connectivity index (χ3n) is 2.88. The van der Waals surface area contributed by atoms with Gasteiger partial charge >= 0.3 is 0 Å². The molecule has 2 bridgehead atoms. The van der Waals surface area contributed by atoms with E-state index in [9.17, 15) is 0 Å². The summed E-state index contributed by atoms with van der Waals surface area (Å²) in [7, 11) is 0. The molecule has 2 rings (SSSR count). The Labute approximate surface area is 69.2 Å². The van der Waals surface area contributed by atoms with Crippen LogP contribution in [-0.4, -0.2) is 49.1 Å². The van der Waals surface area contributed by atoms with Crippen LogP contribution in [0.3, 0.4) is 0 Å². The molecule has 0 saturated carbocycles. The molecule has 11 heavy (non-hydrogen) atoms. The summed E-state index contributed by atoms with van der Waals surface area (Å²) in [5.41, 5.74) is 0. The number of hydrogen-bond acceptors (Lipinski definition) is 2. The highest BCUT2D eigenvalue weighted by Crippen LogP contribution is 2.09. The van der Waals surface area contributed by atoms with Crippen molar-refractivity contribution in [3.05, 3.63) is 0 Å². The molecule has 0 spiro atoms. The number of rotatable bonds is 0. The predicted molar refractivity (Wildman–Crippen MR) is 46.7 cm³/mol. The molecule has 2 fully saturated rings. The Morgan fingerprint density at radius 3 is 1.45 bits per heavy atom. The predicted octanol–water partition coefficient (Wildman–Crippen LogP) is 0.788. The average molecular weight is 154 g/mol. The zero-order chi connectivity index (χ0) is 7.52. The van der Waals surface area contributed by atoms with Crippen LogP contribution < -0.4 is 0 Å². The minimum atomic E-state index is 1.32. The first-order valence-electron chi connectivity index (χ1n) is 4.90. The molecular formula is C9H18N2. The molecule has 0 aromatic heterocycles. The largest absolute Gasteiger partial charge is 0.302 e. The van der Waals surface area contributed by atoms with Crippen LogP contribution in [0.1, 0.15) is 19.3 Å². The van der Waals surface area contributed by atoms with E-state index in [-0.39, 0.29) is 0 Å². The van der Waals surface area contributed by atoms with Gasteiger partial charge in [-0.25, -0.2) is 0 Å². The molecule has 2 unspecified atom stereocenters. The minimum Gasteiger partial charge on any atom is -0.302 e. The van der Waals surface area contributed by atoms with Crippen molar-refractivity contribution < 1.29 is 0 Å². The Hall–Kier alpha value is -0.0800. The summed E-state index contributed by atoms with van der Waals surface area (Å²) in [5.74, 6) is 0. The van der Waals surface area contributed by atoms with Crippen LogP contribution in [-0.2, 0) is 0 Å². The van der Waals surface area contributed by atoms with E-state index in [2.05, 4.69) is 9.80 Å². The summed E-state index contributed by atoms with van der Waals surface area (Å²) in [5, 5.41) is 0. The maximum Gasteiger partial charge on any atom is 0.0109 e. The Morgan fingerprint density at radius 1 is 0.455 bits per heavy atom. The second-order valence-corrected chi connectivity index (χ2v) is 3.74. The molecule has 2 heterocycles. The summed E-state index contributed by atoms with van der Waals surface area (Å²) >= 11 is 0. The third-order valence-corrected chi connectivity index (χ3v) is 2.88. The van der Waals surface area contributed by atoms with Crippen LogP contribution in [0.15, 0.2) is 0 Å². The zero-order valence-corrected chi connectivity index (χ0v) is 7.26. The monoisotopic (exact) mass is 154 g/mol. The van der Waals surface area contributed by atoms with Crippen LogP contribution in [0.4, 0.5) is 0 Å². The van der Waals surface area contributed by atoms with Gasteiger partial charge in [-0.2, -0.15) is 0 Å². The third kappa shape index (κ3) is 1.94. The van der Waals surface area contributed by atoms with Gasteiger partial charge in [-0.1, -0.05) is 0 Å². The van der Waals surface area contributed by atoms with Gasteiger partial charge in [0, 0.05) is 13.1 Å². The normalized spacial score (nSPS) is 39.3. The van der Waals surface area contributed by atoms with E-state index >= 15 is 0 Å². The van der Waals surface area contributed by atoms with Gasteiger partial charge in [0.2, 0.25) is 0 Å². The molecule has 0 N–H and O–H groups in total. The second kappa shape index (κ2) is 3.55. The molecule has 2 nitrogen and oxygen atoms in total. The molecule has 64 valence electrons. The Bertz CT molecular complexity index is 107. The topological polar surface area (TPSA) is 6.48 Å². The van der Waals surface area contributed by atoms with Crippen molar-refractivity contribution in [3.8, 4) is 0 Å². The van der Waals surface area contributed by atoms with Gasteiger partial charge in [0.15, 0.2) is 0 Å². The number of nitrogens with zero attached hydrogens (tertiary/aromatic N) is 2. The summed E-state index contributed by atoms with van der Waals surface area (Å²) in [6, 6.07) is 0. The Balaban J connectivity index is 1.97. The van der Waals surface area contributed by atoms with E-state index in [4.69, 9.17) is 0 Å². The van der Waals surface area contributed by atoms with Crippen molar-refractivity contribution in [1.82, 2.24) is 9.80 Å². The lowest BCUT2D eigenvalue weighted by Gasteiger charge is -2.25. The van der Waals surface area contributed by atoms with Crippen LogP contribution >= 0.6 is 0 Å². The van der Waals surface area contributed by atoms with Gasteiger partial charge in [0.1, 0.15) is 0 Å². The molecule has 2 saturated heterocycles. The highest BCUT2D eigenvalue weighted by molar-refractivity contribution is 4.72. The maximum absolute atomic E-state index is 2.62. The van der Waals surface area contributed by atoms with E-state index in [1.165, 1.54) is 58.5 Å². The first-order chi connectivity index (χ1) is 5.45. The summed E-state index contributed by atoms with van der Waals surface area (Å²) < 4.78 is 0. The van der Waals surface area contributed by atoms with Gasteiger partial charge in [0.25, 0.3) is 0 Å². The SMILES string of the molecule is C1CCN2CCCN(C1)CC2. The number of fused-ring (bicyclic) bond motifs is 3. The van der Waals surface area contributed by atoms with Crippen LogP contribution in [0.2, 0.25) is 0 Å². The lowest BCUT2D eigenvalue weighted by Crippen LogP contribution is -2.34. The average Bonchev–Trinajstić information content (AvgIpc) is 2.11. The van der Waals surface area contributed by atoms with Crippen molar-refractivity contribution >= 4 is 0 Å². The Kier molecular flexibility index (Phi) is 2.44. The van der Waals surface area contributed by atoms with E-state index < -0.39 is 0 Å². The van der Waals surface area contributed by atoms with Gasteiger partial charge in [-0.3, -0.25) is 0 Å². The summed E-state index contributed by atoms with van der Waals surface area (Å²) in [4.78, 5) is 5.25. The van der Waals surface area contributed by atoms with Crippen molar-refractivity contribution in [2.45, 2.75) is 19.3 Å². The van der Waals surface area contributed by atoms with Crippen LogP contribution in [0, 0.1) is 0 Å². The van der Waals surface area contributed by atoms with E-state index in [1.807, 2.05) is 0 Å². The molecule has 0 aromatic rings. The molecule has 2 heteroatoms. The molecule has 0 radical (unpaired) electrons. The van der Waals surface area contributed by atoms with Gasteiger partial charge in [0.05, 0.1) is 0 Å². The molecule has 0 amide bonds. The van der Waals surface area contributed by atoms with E-state index in [0.717, 1.165) is 0 Å².